The average Bonchev–Trinajstić information content (AvgIpc) is 3.02. The highest BCUT2D eigenvalue weighted by Gasteiger charge is 2.19. The molecular weight excluding hydrogens is 184 g/mol. The Bertz CT molecular complexity index is 316. The summed E-state index contributed by atoms with van der Waals surface area (Å²) in [5, 5.41) is 3.48. The topological polar surface area (TPSA) is 15.3 Å². The van der Waals surface area contributed by atoms with Crippen LogP contribution in [0.3, 0.4) is 0 Å². The van der Waals surface area contributed by atoms with Crippen molar-refractivity contribution in [1.29, 1.82) is 0 Å². The van der Waals surface area contributed by atoms with Crippen LogP contribution < -0.4 is 10.2 Å². The minimum absolute atomic E-state index is 1.01. The maximum atomic E-state index is 3.48. The van der Waals surface area contributed by atoms with E-state index in [0.29, 0.717) is 0 Å². The van der Waals surface area contributed by atoms with Gasteiger partial charge in [0.15, 0.2) is 0 Å². The van der Waals surface area contributed by atoms with Crippen molar-refractivity contribution in [3.63, 3.8) is 0 Å². The van der Waals surface area contributed by atoms with Crippen molar-refractivity contribution in [2.75, 3.05) is 30.9 Å². The van der Waals surface area contributed by atoms with Crippen molar-refractivity contribution in [3.05, 3.63) is 24.3 Å². The van der Waals surface area contributed by atoms with Crippen molar-refractivity contribution in [3.8, 4) is 0 Å². The third-order valence-corrected chi connectivity index (χ3v) is 2.94. The van der Waals surface area contributed by atoms with Gasteiger partial charge in [-0.3, -0.25) is 0 Å². The Labute approximate surface area is 92.3 Å². The molecule has 1 aliphatic carbocycles. The van der Waals surface area contributed by atoms with Crippen molar-refractivity contribution < 1.29 is 0 Å². The van der Waals surface area contributed by atoms with E-state index in [0.717, 1.165) is 12.5 Å². The second kappa shape index (κ2) is 4.56. The maximum absolute atomic E-state index is 3.48. The normalized spacial score (nSPS) is 15.1. The molecule has 2 heteroatoms. The highest BCUT2D eigenvalue weighted by Crippen LogP contribution is 2.32. The summed E-state index contributed by atoms with van der Waals surface area (Å²) in [7, 11) is 4.15. The summed E-state index contributed by atoms with van der Waals surface area (Å²) in [4.78, 5) is 2.13. The molecule has 1 N–H and O–H groups in total. The first-order valence-corrected chi connectivity index (χ1v) is 5.77. The van der Waals surface area contributed by atoms with Crippen LogP contribution >= 0.6 is 0 Å². The van der Waals surface area contributed by atoms with Gasteiger partial charge in [0.2, 0.25) is 0 Å². The molecule has 0 bridgehead atoms. The third kappa shape index (κ3) is 3.15. The molecule has 0 spiro atoms. The molecule has 0 aromatic heterocycles. The Hall–Kier alpha value is -1.18. The van der Waals surface area contributed by atoms with Crippen LogP contribution in [0.4, 0.5) is 11.4 Å². The fourth-order valence-corrected chi connectivity index (χ4v) is 1.72. The predicted octanol–water partition coefficient (Wildman–Crippen LogP) is 2.96. The van der Waals surface area contributed by atoms with Gasteiger partial charge in [-0.25, -0.2) is 0 Å². The van der Waals surface area contributed by atoms with Gasteiger partial charge in [-0.15, -0.1) is 0 Å². The first-order chi connectivity index (χ1) is 7.25. The SMILES string of the molecule is CN(C)c1cccc(NCCC2CC2)c1. The summed E-state index contributed by atoms with van der Waals surface area (Å²) in [6, 6.07) is 8.58. The lowest BCUT2D eigenvalue weighted by molar-refractivity contribution is 0.760. The predicted molar refractivity (Wildman–Crippen MR) is 66.6 cm³/mol. The van der Waals surface area contributed by atoms with Crippen molar-refractivity contribution >= 4 is 11.4 Å². The van der Waals surface area contributed by atoms with E-state index in [2.05, 4.69) is 48.6 Å². The minimum atomic E-state index is 1.01. The van der Waals surface area contributed by atoms with Gasteiger partial charge in [-0.2, -0.15) is 0 Å². The lowest BCUT2D eigenvalue weighted by atomic mass is 10.2. The van der Waals surface area contributed by atoms with E-state index in [1.165, 1.54) is 30.6 Å². The molecule has 0 unspecified atom stereocenters. The summed E-state index contributed by atoms with van der Waals surface area (Å²) in [6.45, 7) is 1.11. The smallest absolute Gasteiger partial charge is 0.0381 e. The zero-order valence-electron chi connectivity index (χ0n) is 9.66. The largest absolute Gasteiger partial charge is 0.385 e. The molecule has 15 heavy (non-hydrogen) atoms. The second-order valence-corrected chi connectivity index (χ2v) is 4.60. The molecule has 1 aliphatic rings. The summed E-state index contributed by atoms with van der Waals surface area (Å²) < 4.78 is 0. The van der Waals surface area contributed by atoms with Crippen LogP contribution in [-0.4, -0.2) is 20.6 Å². The number of benzene rings is 1. The summed E-state index contributed by atoms with van der Waals surface area (Å²) in [5.41, 5.74) is 2.49. The number of hydrogen-bond donors (Lipinski definition) is 1. The Kier molecular flexibility index (Phi) is 3.14. The molecule has 0 amide bonds. The van der Waals surface area contributed by atoms with Gasteiger partial charge >= 0.3 is 0 Å². The monoisotopic (exact) mass is 204 g/mol. The lowest BCUT2D eigenvalue weighted by Crippen LogP contribution is -2.09. The number of anilines is 2. The number of nitrogens with one attached hydrogen (secondary N) is 1. The first kappa shape index (κ1) is 10.3. The molecule has 0 radical (unpaired) electrons. The van der Waals surface area contributed by atoms with E-state index in [9.17, 15) is 0 Å². The Morgan fingerprint density at radius 2 is 2.13 bits per heavy atom. The van der Waals surface area contributed by atoms with Crippen molar-refractivity contribution in [2.24, 2.45) is 5.92 Å². The zero-order chi connectivity index (χ0) is 10.7. The molecule has 1 saturated carbocycles. The maximum Gasteiger partial charge on any atom is 0.0381 e. The van der Waals surface area contributed by atoms with E-state index < -0.39 is 0 Å². The van der Waals surface area contributed by atoms with Gasteiger partial charge in [0, 0.05) is 32.0 Å². The van der Waals surface area contributed by atoms with Gasteiger partial charge in [0.1, 0.15) is 0 Å². The molecule has 0 saturated heterocycles. The highest BCUT2D eigenvalue weighted by molar-refractivity contribution is 5.57. The van der Waals surface area contributed by atoms with Gasteiger partial charge in [-0.05, 0) is 30.5 Å². The fourth-order valence-electron chi connectivity index (χ4n) is 1.72. The van der Waals surface area contributed by atoms with Crippen LogP contribution in [0.5, 0.6) is 0 Å². The van der Waals surface area contributed by atoms with Crippen LogP contribution in [-0.2, 0) is 0 Å². The van der Waals surface area contributed by atoms with Crippen molar-refractivity contribution in [2.45, 2.75) is 19.3 Å². The fraction of sp³-hybridized carbons (Fsp3) is 0.538. The van der Waals surface area contributed by atoms with Crippen LogP contribution in [0.1, 0.15) is 19.3 Å². The Balaban J connectivity index is 1.86. The second-order valence-electron chi connectivity index (χ2n) is 4.60. The van der Waals surface area contributed by atoms with E-state index in [4.69, 9.17) is 0 Å². The molecule has 0 heterocycles. The number of hydrogen-bond acceptors (Lipinski definition) is 2. The van der Waals surface area contributed by atoms with Gasteiger partial charge < -0.3 is 10.2 Å². The van der Waals surface area contributed by atoms with Crippen LogP contribution in [0, 0.1) is 5.92 Å². The average molecular weight is 204 g/mol. The third-order valence-electron chi connectivity index (χ3n) is 2.94. The van der Waals surface area contributed by atoms with E-state index >= 15 is 0 Å². The van der Waals surface area contributed by atoms with Gasteiger partial charge in [0.25, 0.3) is 0 Å². The molecule has 2 rings (SSSR count). The van der Waals surface area contributed by atoms with E-state index in [1.54, 1.807) is 0 Å². The first-order valence-electron chi connectivity index (χ1n) is 5.77. The molecule has 1 aromatic carbocycles. The summed E-state index contributed by atoms with van der Waals surface area (Å²) in [5.74, 6) is 1.01. The summed E-state index contributed by atoms with van der Waals surface area (Å²) in [6.07, 6.45) is 4.21. The molecule has 1 aromatic rings. The quantitative estimate of drug-likeness (QED) is 0.793. The number of nitrogens with zero attached hydrogens (tertiary/aromatic N) is 1. The lowest BCUT2D eigenvalue weighted by Gasteiger charge is -2.14. The standard InChI is InChI=1S/C13H20N2/c1-15(2)13-5-3-4-12(10-13)14-9-8-11-6-7-11/h3-5,10-11,14H,6-9H2,1-2H3. The van der Waals surface area contributed by atoms with Crippen molar-refractivity contribution in [1.82, 2.24) is 0 Å². The van der Waals surface area contributed by atoms with Crippen LogP contribution in [0.2, 0.25) is 0 Å². The Morgan fingerprint density at radius 3 is 2.80 bits per heavy atom. The molecular formula is C13H20N2. The zero-order valence-corrected chi connectivity index (χ0v) is 9.66. The minimum Gasteiger partial charge on any atom is -0.385 e. The van der Waals surface area contributed by atoms with Gasteiger partial charge in [-0.1, -0.05) is 18.9 Å². The molecule has 2 nitrogen and oxygen atoms in total. The van der Waals surface area contributed by atoms with Crippen LogP contribution in [0.15, 0.2) is 24.3 Å². The number of rotatable bonds is 5. The van der Waals surface area contributed by atoms with Gasteiger partial charge in [0.05, 0.1) is 0 Å². The molecule has 0 atom stereocenters. The molecule has 0 aliphatic heterocycles. The highest BCUT2D eigenvalue weighted by atomic mass is 15.1. The van der Waals surface area contributed by atoms with E-state index in [-0.39, 0.29) is 0 Å². The Morgan fingerprint density at radius 1 is 1.33 bits per heavy atom. The van der Waals surface area contributed by atoms with E-state index in [1.807, 2.05) is 0 Å². The van der Waals surface area contributed by atoms with Crippen LogP contribution in [0.25, 0.3) is 0 Å². The molecule has 1 fully saturated rings. The molecule has 82 valence electrons. The summed E-state index contributed by atoms with van der Waals surface area (Å²) >= 11 is 0.